The molecule has 0 saturated heterocycles. The highest BCUT2D eigenvalue weighted by Crippen LogP contribution is 2.35. The molecule has 0 heterocycles. The molecule has 1 fully saturated rings. The average molecular weight is 294 g/mol. The van der Waals surface area contributed by atoms with E-state index in [1.807, 2.05) is 0 Å². The van der Waals surface area contributed by atoms with Gasteiger partial charge in [-0.3, -0.25) is 0 Å². The molecule has 0 aromatic heterocycles. The standard InChI is InChI=1S/C20H26N2/c1-15-2-6-17(7-3-15)18-8-12-20(13-9-18)22-19-10-4-16(14-21)5-11-19/h4-5,8-13,15,17,22H,2-3,6-7,14,21H2,1H3. The second kappa shape index (κ2) is 6.97. The molecule has 22 heavy (non-hydrogen) atoms. The molecule has 1 saturated carbocycles. The van der Waals surface area contributed by atoms with Gasteiger partial charge in [0, 0.05) is 17.9 Å². The minimum Gasteiger partial charge on any atom is -0.356 e. The highest BCUT2D eigenvalue weighted by atomic mass is 14.9. The van der Waals surface area contributed by atoms with Crippen LogP contribution in [0.25, 0.3) is 0 Å². The third kappa shape index (κ3) is 3.69. The Bertz CT molecular complexity index is 578. The number of rotatable bonds is 4. The molecule has 3 N–H and O–H groups in total. The average Bonchev–Trinajstić information content (AvgIpc) is 2.57. The van der Waals surface area contributed by atoms with Crippen molar-refractivity contribution < 1.29 is 0 Å². The van der Waals surface area contributed by atoms with Crippen molar-refractivity contribution in [3.63, 3.8) is 0 Å². The Morgan fingerprint density at radius 3 is 1.95 bits per heavy atom. The van der Waals surface area contributed by atoms with Crippen molar-refractivity contribution in [3.05, 3.63) is 59.7 Å². The first-order valence-corrected chi connectivity index (χ1v) is 8.40. The Balaban J connectivity index is 1.63. The third-order valence-corrected chi connectivity index (χ3v) is 4.88. The van der Waals surface area contributed by atoms with Crippen molar-refractivity contribution in [2.24, 2.45) is 11.7 Å². The minimum atomic E-state index is 0.592. The summed E-state index contributed by atoms with van der Waals surface area (Å²) in [4.78, 5) is 0. The molecule has 0 amide bonds. The van der Waals surface area contributed by atoms with Gasteiger partial charge in [0.2, 0.25) is 0 Å². The smallest absolute Gasteiger partial charge is 0.0384 e. The Hall–Kier alpha value is -1.80. The summed E-state index contributed by atoms with van der Waals surface area (Å²) in [6.45, 7) is 2.97. The maximum absolute atomic E-state index is 5.63. The lowest BCUT2D eigenvalue weighted by Gasteiger charge is -2.26. The van der Waals surface area contributed by atoms with Gasteiger partial charge in [-0.25, -0.2) is 0 Å². The van der Waals surface area contributed by atoms with Gasteiger partial charge in [0.1, 0.15) is 0 Å². The van der Waals surface area contributed by atoms with E-state index in [1.165, 1.54) is 31.2 Å². The summed E-state index contributed by atoms with van der Waals surface area (Å²) >= 11 is 0. The molecule has 0 unspecified atom stereocenters. The van der Waals surface area contributed by atoms with E-state index in [2.05, 4.69) is 60.8 Å². The monoisotopic (exact) mass is 294 g/mol. The lowest BCUT2D eigenvalue weighted by Crippen LogP contribution is -2.10. The molecule has 0 aliphatic heterocycles. The summed E-state index contributed by atoms with van der Waals surface area (Å²) in [5.74, 6) is 1.67. The molecular weight excluding hydrogens is 268 g/mol. The molecule has 1 aliphatic rings. The van der Waals surface area contributed by atoms with Crippen LogP contribution in [0.4, 0.5) is 11.4 Å². The van der Waals surface area contributed by atoms with Crippen LogP contribution >= 0.6 is 0 Å². The molecule has 3 rings (SSSR count). The van der Waals surface area contributed by atoms with Crippen LogP contribution in [0.3, 0.4) is 0 Å². The molecule has 116 valence electrons. The van der Waals surface area contributed by atoms with Gasteiger partial charge < -0.3 is 11.1 Å². The van der Waals surface area contributed by atoms with Crippen LogP contribution in [0.2, 0.25) is 0 Å². The third-order valence-electron chi connectivity index (χ3n) is 4.88. The highest BCUT2D eigenvalue weighted by Gasteiger charge is 2.19. The van der Waals surface area contributed by atoms with E-state index in [0.717, 1.165) is 28.8 Å². The molecule has 2 aromatic carbocycles. The van der Waals surface area contributed by atoms with Gasteiger partial charge in [0.05, 0.1) is 0 Å². The fourth-order valence-corrected chi connectivity index (χ4v) is 3.32. The summed E-state index contributed by atoms with van der Waals surface area (Å²) in [5, 5.41) is 3.45. The van der Waals surface area contributed by atoms with E-state index >= 15 is 0 Å². The van der Waals surface area contributed by atoms with Gasteiger partial charge in [-0.15, -0.1) is 0 Å². The van der Waals surface area contributed by atoms with Crippen molar-refractivity contribution >= 4 is 11.4 Å². The van der Waals surface area contributed by atoms with Crippen molar-refractivity contribution in [1.82, 2.24) is 0 Å². The quantitative estimate of drug-likeness (QED) is 0.815. The van der Waals surface area contributed by atoms with Crippen molar-refractivity contribution in [1.29, 1.82) is 0 Å². The highest BCUT2D eigenvalue weighted by molar-refractivity contribution is 5.60. The van der Waals surface area contributed by atoms with Crippen LogP contribution in [0, 0.1) is 5.92 Å². The molecule has 0 spiro atoms. The van der Waals surface area contributed by atoms with Crippen LogP contribution < -0.4 is 11.1 Å². The number of hydrogen-bond donors (Lipinski definition) is 2. The van der Waals surface area contributed by atoms with Gasteiger partial charge in [0.25, 0.3) is 0 Å². The van der Waals surface area contributed by atoms with Crippen LogP contribution in [0.5, 0.6) is 0 Å². The summed E-state index contributed by atoms with van der Waals surface area (Å²) in [6.07, 6.45) is 5.43. The van der Waals surface area contributed by atoms with E-state index < -0.39 is 0 Å². The number of anilines is 2. The van der Waals surface area contributed by atoms with Gasteiger partial charge in [-0.2, -0.15) is 0 Å². The summed E-state index contributed by atoms with van der Waals surface area (Å²) in [6, 6.07) is 17.3. The Morgan fingerprint density at radius 2 is 1.41 bits per heavy atom. The fraction of sp³-hybridized carbons (Fsp3) is 0.400. The molecule has 2 nitrogen and oxygen atoms in total. The van der Waals surface area contributed by atoms with Crippen LogP contribution in [-0.2, 0) is 6.54 Å². The van der Waals surface area contributed by atoms with Crippen molar-refractivity contribution in [2.75, 3.05) is 5.32 Å². The zero-order valence-electron chi connectivity index (χ0n) is 13.4. The van der Waals surface area contributed by atoms with Crippen LogP contribution in [0.1, 0.15) is 49.7 Å². The topological polar surface area (TPSA) is 38.0 Å². The summed E-state index contributed by atoms with van der Waals surface area (Å²) in [5.41, 5.74) is 10.5. The first-order chi connectivity index (χ1) is 10.7. The van der Waals surface area contributed by atoms with E-state index in [1.54, 1.807) is 0 Å². The van der Waals surface area contributed by atoms with E-state index in [-0.39, 0.29) is 0 Å². The first kappa shape index (κ1) is 15.1. The fourth-order valence-electron chi connectivity index (χ4n) is 3.32. The lowest BCUT2D eigenvalue weighted by molar-refractivity contribution is 0.348. The first-order valence-electron chi connectivity index (χ1n) is 8.40. The zero-order chi connectivity index (χ0) is 15.4. The number of hydrogen-bond acceptors (Lipinski definition) is 2. The van der Waals surface area contributed by atoms with Crippen molar-refractivity contribution in [3.8, 4) is 0 Å². The molecule has 0 atom stereocenters. The molecule has 0 radical (unpaired) electrons. The second-order valence-corrected chi connectivity index (χ2v) is 6.60. The van der Waals surface area contributed by atoms with Gasteiger partial charge in [-0.1, -0.05) is 44.0 Å². The van der Waals surface area contributed by atoms with E-state index in [0.29, 0.717) is 6.54 Å². The van der Waals surface area contributed by atoms with Crippen molar-refractivity contribution in [2.45, 2.75) is 45.1 Å². The van der Waals surface area contributed by atoms with Gasteiger partial charge in [-0.05, 0) is 60.1 Å². The normalized spacial score (nSPS) is 21.5. The van der Waals surface area contributed by atoms with Crippen LogP contribution in [-0.4, -0.2) is 0 Å². The Kier molecular flexibility index (Phi) is 4.79. The second-order valence-electron chi connectivity index (χ2n) is 6.60. The predicted octanol–water partition coefficient (Wildman–Crippen LogP) is 5.18. The minimum absolute atomic E-state index is 0.592. The number of nitrogens with two attached hydrogens (primary N) is 1. The number of nitrogens with one attached hydrogen (secondary N) is 1. The number of benzene rings is 2. The summed E-state index contributed by atoms with van der Waals surface area (Å²) in [7, 11) is 0. The molecule has 0 bridgehead atoms. The molecule has 2 aromatic rings. The SMILES string of the molecule is CC1CCC(c2ccc(Nc3ccc(CN)cc3)cc2)CC1. The Morgan fingerprint density at radius 1 is 0.864 bits per heavy atom. The largest absolute Gasteiger partial charge is 0.356 e. The molecular formula is C20H26N2. The van der Waals surface area contributed by atoms with E-state index in [4.69, 9.17) is 5.73 Å². The summed E-state index contributed by atoms with van der Waals surface area (Å²) < 4.78 is 0. The van der Waals surface area contributed by atoms with E-state index in [9.17, 15) is 0 Å². The van der Waals surface area contributed by atoms with Crippen LogP contribution in [0.15, 0.2) is 48.5 Å². The molecule has 2 heteroatoms. The Labute approximate surface area is 133 Å². The maximum atomic E-state index is 5.63. The lowest BCUT2D eigenvalue weighted by atomic mass is 9.79. The van der Waals surface area contributed by atoms with Gasteiger partial charge >= 0.3 is 0 Å². The maximum Gasteiger partial charge on any atom is 0.0384 e. The zero-order valence-corrected chi connectivity index (χ0v) is 13.4. The molecule has 1 aliphatic carbocycles. The van der Waals surface area contributed by atoms with Gasteiger partial charge in [0.15, 0.2) is 0 Å². The predicted molar refractivity (Wildman–Crippen MR) is 94.4 cm³/mol.